The van der Waals surface area contributed by atoms with Gasteiger partial charge in [-0.25, -0.2) is 13.1 Å². The summed E-state index contributed by atoms with van der Waals surface area (Å²) in [5, 5.41) is 0. The number of nitrogens with two attached hydrogens (primary N) is 1. The fourth-order valence-corrected chi connectivity index (χ4v) is 5.07. The molecule has 2 rings (SSSR count). The molecule has 1 aromatic heterocycles. The second-order valence-electron chi connectivity index (χ2n) is 5.14. The van der Waals surface area contributed by atoms with Crippen molar-refractivity contribution < 1.29 is 8.42 Å². The predicted octanol–water partition coefficient (Wildman–Crippen LogP) is 1.28. The van der Waals surface area contributed by atoms with Gasteiger partial charge in [0.25, 0.3) is 0 Å². The summed E-state index contributed by atoms with van der Waals surface area (Å²) in [6, 6.07) is 1.68. The molecule has 0 spiro atoms. The molecule has 3 N–H and O–H groups in total. The smallest absolute Gasteiger partial charge is 0.241 e. The fourth-order valence-electron chi connectivity index (χ4n) is 2.48. The number of sulfonamides is 1. The van der Waals surface area contributed by atoms with E-state index in [9.17, 15) is 8.42 Å². The molecular weight excluding hydrogens is 294 g/mol. The average Bonchev–Trinajstić information content (AvgIpc) is 3.04. The number of nitrogens with zero attached hydrogens (tertiary/aromatic N) is 1. The summed E-state index contributed by atoms with van der Waals surface area (Å²) < 4.78 is 27.1. The second-order valence-corrected chi connectivity index (χ2v) is 8.21. The van der Waals surface area contributed by atoms with Gasteiger partial charge in [-0.1, -0.05) is 0 Å². The summed E-state index contributed by atoms with van der Waals surface area (Å²) in [7, 11) is -3.39. The first kappa shape index (κ1) is 15.9. The lowest BCUT2D eigenvalue weighted by Crippen LogP contribution is -2.28. The van der Waals surface area contributed by atoms with Gasteiger partial charge in [0, 0.05) is 22.8 Å². The zero-order valence-corrected chi connectivity index (χ0v) is 13.5. The molecular formula is C13H23N3O2S2. The van der Waals surface area contributed by atoms with Crippen LogP contribution in [0.4, 0.5) is 0 Å². The molecule has 0 aromatic carbocycles. The molecule has 0 aliphatic carbocycles. The van der Waals surface area contributed by atoms with Crippen LogP contribution in [0.25, 0.3) is 0 Å². The van der Waals surface area contributed by atoms with E-state index >= 15 is 0 Å². The molecule has 1 fully saturated rings. The number of hydrogen-bond donors (Lipinski definition) is 2. The van der Waals surface area contributed by atoms with Crippen LogP contribution < -0.4 is 10.5 Å². The molecule has 0 atom stereocenters. The van der Waals surface area contributed by atoms with Gasteiger partial charge in [-0.3, -0.25) is 0 Å². The molecule has 1 aliphatic rings. The number of thiophene rings is 1. The van der Waals surface area contributed by atoms with Crippen LogP contribution >= 0.6 is 11.3 Å². The summed E-state index contributed by atoms with van der Waals surface area (Å²) in [5.74, 6) is 0. The lowest BCUT2D eigenvalue weighted by molar-refractivity contribution is 0.334. The molecule has 1 aliphatic heterocycles. The first-order chi connectivity index (χ1) is 9.53. The van der Waals surface area contributed by atoms with Crippen molar-refractivity contribution in [3.05, 3.63) is 15.8 Å². The van der Waals surface area contributed by atoms with Crippen molar-refractivity contribution >= 4 is 21.4 Å². The summed E-state index contributed by atoms with van der Waals surface area (Å²) in [4.78, 5) is 4.47. The van der Waals surface area contributed by atoms with Crippen LogP contribution in [0.15, 0.2) is 11.0 Å². The minimum atomic E-state index is -3.39. The number of aryl methyl sites for hydroxylation is 1. The van der Waals surface area contributed by atoms with Crippen molar-refractivity contribution in [2.24, 2.45) is 5.73 Å². The third kappa shape index (κ3) is 4.02. The standard InChI is InChI=1S/C13H23N3O2S2/c1-11-13(9-12(10-14)19-11)20(17,18)15-5-4-8-16-6-2-3-7-16/h9,15H,2-8,10,14H2,1H3. The molecule has 0 unspecified atom stereocenters. The van der Waals surface area contributed by atoms with Gasteiger partial charge < -0.3 is 10.6 Å². The molecule has 5 nitrogen and oxygen atoms in total. The molecule has 20 heavy (non-hydrogen) atoms. The third-order valence-electron chi connectivity index (χ3n) is 3.56. The maximum absolute atomic E-state index is 12.2. The Morgan fingerprint density at radius 2 is 2.10 bits per heavy atom. The maximum Gasteiger partial charge on any atom is 0.241 e. The first-order valence-electron chi connectivity index (χ1n) is 7.04. The minimum Gasteiger partial charge on any atom is -0.326 e. The molecule has 114 valence electrons. The predicted molar refractivity (Wildman–Crippen MR) is 82.4 cm³/mol. The number of hydrogen-bond acceptors (Lipinski definition) is 5. The number of likely N-dealkylation sites (tertiary alicyclic amines) is 1. The van der Waals surface area contributed by atoms with Crippen LogP contribution in [0.3, 0.4) is 0 Å². The highest BCUT2D eigenvalue weighted by atomic mass is 32.2. The van der Waals surface area contributed by atoms with E-state index in [1.165, 1.54) is 24.2 Å². The van der Waals surface area contributed by atoms with E-state index in [-0.39, 0.29) is 0 Å². The Hall–Kier alpha value is -0.470. The number of rotatable bonds is 7. The van der Waals surface area contributed by atoms with Crippen LogP contribution in [0.5, 0.6) is 0 Å². The molecule has 0 radical (unpaired) electrons. The van der Waals surface area contributed by atoms with E-state index < -0.39 is 10.0 Å². The Labute approximate surface area is 125 Å². The third-order valence-corrected chi connectivity index (χ3v) is 6.35. The SMILES string of the molecule is Cc1sc(CN)cc1S(=O)(=O)NCCCN1CCCC1. The van der Waals surface area contributed by atoms with E-state index in [1.54, 1.807) is 6.07 Å². The van der Waals surface area contributed by atoms with E-state index in [1.807, 2.05) is 6.92 Å². The Balaban J connectivity index is 1.85. The largest absolute Gasteiger partial charge is 0.326 e. The highest BCUT2D eigenvalue weighted by molar-refractivity contribution is 7.89. The molecule has 7 heteroatoms. The molecule has 2 heterocycles. The monoisotopic (exact) mass is 317 g/mol. The van der Waals surface area contributed by atoms with Crippen LogP contribution in [0.1, 0.15) is 29.0 Å². The zero-order chi connectivity index (χ0) is 14.6. The first-order valence-corrected chi connectivity index (χ1v) is 9.34. The Morgan fingerprint density at radius 3 is 2.70 bits per heavy atom. The summed E-state index contributed by atoms with van der Waals surface area (Å²) >= 11 is 1.45. The van der Waals surface area contributed by atoms with Gasteiger partial charge in [0.1, 0.15) is 0 Å². The van der Waals surface area contributed by atoms with Crippen LogP contribution in [0.2, 0.25) is 0 Å². The van der Waals surface area contributed by atoms with Crippen molar-refractivity contribution in [3.8, 4) is 0 Å². The van der Waals surface area contributed by atoms with Crippen LogP contribution in [-0.4, -0.2) is 39.5 Å². The molecule has 1 saturated heterocycles. The van der Waals surface area contributed by atoms with Gasteiger partial charge in [0.15, 0.2) is 0 Å². The fraction of sp³-hybridized carbons (Fsp3) is 0.692. The lowest BCUT2D eigenvalue weighted by atomic mass is 10.4. The van der Waals surface area contributed by atoms with Crippen molar-refractivity contribution in [1.29, 1.82) is 0 Å². The molecule has 0 bridgehead atoms. The Bertz CT molecular complexity index is 534. The lowest BCUT2D eigenvalue weighted by Gasteiger charge is -2.14. The molecule has 0 saturated carbocycles. The van der Waals surface area contributed by atoms with Crippen molar-refractivity contribution in [2.45, 2.75) is 37.6 Å². The van der Waals surface area contributed by atoms with Crippen LogP contribution in [0, 0.1) is 6.92 Å². The van der Waals surface area contributed by atoms with E-state index in [2.05, 4.69) is 9.62 Å². The van der Waals surface area contributed by atoms with Crippen LogP contribution in [-0.2, 0) is 16.6 Å². The van der Waals surface area contributed by atoms with Gasteiger partial charge in [-0.15, -0.1) is 11.3 Å². The molecule has 1 aromatic rings. The van der Waals surface area contributed by atoms with Gasteiger partial charge in [-0.2, -0.15) is 0 Å². The van der Waals surface area contributed by atoms with Gasteiger partial charge in [0.2, 0.25) is 10.0 Å². The normalized spacial score (nSPS) is 16.9. The van der Waals surface area contributed by atoms with Gasteiger partial charge in [0.05, 0.1) is 4.90 Å². The maximum atomic E-state index is 12.2. The van der Waals surface area contributed by atoms with E-state index in [4.69, 9.17) is 5.73 Å². The van der Waals surface area contributed by atoms with Gasteiger partial charge in [-0.05, 0) is 51.9 Å². The summed E-state index contributed by atoms with van der Waals surface area (Å²) in [6.07, 6.45) is 3.38. The van der Waals surface area contributed by atoms with Crippen molar-refractivity contribution in [1.82, 2.24) is 9.62 Å². The topological polar surface area (TPSA) is 75.4 Å². The highest BCUT2D eigenvalue weighted by Crippen LogP contribution is 2.25. The highest BCUT2D eigenvalue weighted by Gasteiger charge is 2.19. The van der Waals surface area contributed by atoms with Gasteiger partial charge >= 0.3 is 0 Å². The Kier molecular flexibility index (Phi) is 5.57. The molecule has 0 amide bonds. The number of nitrogens with one attached hydrogen (secondary N) is 1. The van der Waals surface area contributed by atoms with E-state index in [0.717, 1.165) is 35.8 Å². The average molecular weight is 317 g/mol. The second kappa shape index (κ2) is 7.00. The summed E-state index contributed by atoms with van der Waals surface area (Å²) in [5.41, 5.74) is 5.56. The van der Waals surface area contributed by atoms with E-state index in [0.29, 0.717) is 18.0 Å². The minimum absolute atomic E-state index is 0.379. The Morgan fingerprint density at radius 1 is 1.40 bits per heavy atom. The van der Waals surface area contributed by atoms with Crippen molar-refractivity contribution in [2.75, 3.05) is 26.2 Å². The zero-order valence-electron chi connectivity index (χ0n) is 11.9. The van der Waals surface area contributed by atoms with Crippen molar-refractivity contribution in [3.63, 3.8) is 0 Å². The summed E-state index contributed by atoms with van der Waals surface area (Å²) in [6.45, 7) is 5.97. The quantitative estimate of drug-likeness (QED) is 0.743.